The van der Waals surface area contributed by atoms with Crippen molar-refractivity contribution in [2.24, 2.45) is 0 Å². The van der Waals surface area contributed by atoms with Crippen molar-refractivity contribution in [3.63, 3.8) is 0 Å². The molecule has 1 aromatic heterocycles. The zero-order chi connectivity index (χ0) is 12.9. The normalized spacial score (nSPS) is 11.5. The number of thioether (sulfide) groups is 2. The first-order valence-corrected chi connectivity index (χ1v) is 6.38. The molecule has 0 fully saturated rings. The lowest BCUT2D eigenvalue weighted by Crippen LogP contribution is -2.02. The van der Waals surface area contributed by atoms with Gasteiger partial charge >= 0.3 is 11.5 Å². The van der Waals surface area contributed by atoms with Crippen molar-refractivity contribution in [3.05, 3.63) is 24.0 Å². The van der Waals surface area contributed by atoms with E-state index in [1.807, 2.05) is 0 Å². The Morgan fingerprint density at radius 1 is 1.41 bits per heavy atom. The van der Waals surface area contributed by atoms with Crippen molar-refractivity contribution in [1.29, 1.82) is 0 Å². The van der Waals surface area contributed by atoms with Crippen LogP contribution in [0.5, 0.6) is 0 Å². The van der Waals surface area contributed by atoms with Gasteiger partial charge in [0.05, 0.1) is 0 Å². The third kappa shape index (κ3) is 5.83. The molecule has 0 aliphatic rings. The lowest BCUT2D eigenvalue weighted by molar-refractivity contribution is -0.0326. The molecular formula is C9H8F3NO2S2. The molecule has 0 radical (unpaired) electrons. The zero-order valence-electron chi connectivity index (χ0n) is 8.40. The zero-order valence-corrected chi connectivity index (χ0v) is 10.0. The summed E-state index contributed by atoms with van der Waals surface area (Å²) in [6.45, 7) is 0. The molecule has 8 heteroatoms. The van der Waals surface area contributed by atoms with Crippen LogP contribution >= 0.6 is 23.5 Å². The summed E-state index contributed by atoms with van der Waals surface area (Å²) >= 11 is 1.08. The molecule has 0 saturated heterocycles. The Hall–Kier alpha value is -0.890. The minimum absolute atomic E-state index is 0.0705. The highest BCUT2D eigenvalue weighted by Crippen LogP contribution is 2.31. The van der Waals surface area contributed by atoms with Gasteiger partial charge in [-0.05, 0) is 12.1 Å². The minimum atomic E-state index is -4.22. The van der Waals surface area contributed by atoms with Crippen LogP contribution in [0.15, 0.2) is 23.2 Å². The van der Waals surface area contributed by atoms with Gasteiger partial charge in [-0.3, -0.25) is 0 Å². The van der Waals surface area contributed by atoms with Crippen LogP contribution in [0.25, 0.3) is 0 Å². The van der Waals surface area contributed by atoms with Crippen LogP contribution in [-0.2, 0) is 0 Å². The Morgan fingerprint density at radius 3 is 2.71 bits per heavy atom. The van der Waals surface area contributed by atoms with Gasteiger partial charge in [0.25, 0.3) is 0 Å². The summed E-state index contributed by atoms with van der Waals surface area (Å²) < 4.78 is 35.5. The number of alkyl halides is 3. The van der Waals surface area contributed by atoms with Gasteiger partial charge in [0.1, 0.15) is 5.69 Å². The van der Waals surface area contributed by atoms with Crippen molar-refractivity contribution < 1.29 is 23.1 Å². The van der Waals surface area contributed by atoms with Crippen molar-refractivity contribution in [2.45, 2.75) is 10.4 Å². The Bertz CT molecular complexity index is 398. The van der Waals surface area contributed by atoms with Crippen molar-refractivity contribution in [2.75, 3.05) is 11.5 Å². The molecule has 0 amide bonds. The molecule has 0 saturated carbocycles. The van der Waals surface area contributed by atoms with Gasteiger partial charge in [0.15, 0.2) is 0 Å². The average Bonchev–Trinajstić information content (AvgIpc) is 2.23. The summed E-state index contributed by atoms with van der Waals surface area (Å²) in [4.78, 5) is 14.8. The lowest BCUT2D eigenvalue weighted by atomic mass is 10.4. The number of hydrogen-bond acceptors (Lipinski definition) is 4. The number of aromatic nitrogens is 1. The van der Waals surface area contributed by atoms with Crippen molar-refractivity contribution in [1.82, 2.24) is 4.98 Å². The molecule has 0 aliphatic heterocycles. The van der Waals surface area contributed by atoms with E-state index in [1.54, 1.807) is 6.07 Å². The molecule has 1 heterocycles. The molecule has 1 aromatic rings. The van der Waals surface area contributed by atoms with Crippen LogP contribution in [0, 0.1) is 0 Å². The van der Waals surface area contributed by atoms with E-state index < -0.39 is 11.5 Å². The molecule has 0 spiro atoms. The molecule has 94 valence electrons. The lowest BCUT2D eigenvalue weighted by Gasteiger charge is -2.05. The number of nitrogens with zero attached hydrogens (tertiary/aromatic N) is 1. The molecule has 0 bridgehead atoms. The molecule has 1 N–H and O–H groups in total. The van der Waals surface area contributed by atoms with Crippen LogP contribution in [0.1, 0.15) is 10.5 Å². The predicted octanol–water partition coefficient (Wildman–Crippen LogP) is 3.12. The second-order valence-electron chi connectivity index (χ2n) is 2.82. The summed E-state index contributed by atoms with van der Waals surface area (Å²) in [7, 11) is 0. The monoisotopic (exact) mass is 283 g/mol. The summed E-state index contributed by atoms with van der Waals surface area (Å²) in [5.41, 5.74) is -4.33. The predicted molar refractivity (Wildman–Crippen MR) is 60.4 cm³/mol. The first kappa shape index (κ1) is 14.2. The van der Waals surface area contributed by atoms with Crippen LogP contribution < -0.4 is 0 Å². The van der Waals surface area contributed by atoms with Gasteiger partial charge < -0.3 is 5.11 Å². The number of pyridine rings is 1. The quantitative estimate of drug-likeness (QED) is 0.664. The molecule has 1 rings (SSSR count). The Balaban J connectivity index is 2.42. The maximum atomic E-state index is 11.8. The van der Waals surface area contributed by atoms with Crippen LogP contribution in [0.4, 0.5) is 13.2 Å². The number of carbonyl (C=O) groups is 1. The van der Waals surface area contributed by atoms with Crippen LogP contribution in [0.3, 0.4) is 0 Å². The number of carboxylic acid groups (broad SMARTS) is 1. The van der Waals surface area contributed by atoms with Crippen molar-refractivity contribution in [3.8, 4) is 0 Å². The second kappa shape index (κ2) is 6.15. The van der Waals surface area contributed by atoms with Gasteiger partial charge in [0, 0.05) is 22.6 Å². The number of carboxylic acids is 1. The third-order valence-electron chi connectivity index (χ3n) is 1.57. The van der Waals surface area contributed by atoms with E-state index in [4.69, 9.17) is 5.11 Å². The number of aromatic carboxylic acids is 1. The number of rotatable bonds is 5. The first-order chi connectivity index (χ1) is 7.88. The molecule has 0 aliphatic carbocycles. The van der Waals surface area contributed by atoms with Crippen LogP contribution in [0.2, 0.25) is 0 Å². The highest BCUT2D eigenvalue weighted by atomic mass is 32.2. The van der Waals surface area contributed by atoms with Gasteiger partial charge in [-0.15, -0.1) is 11.8 Å². The van der Waals surface area contributed by atoms with E-state index in [0.29, 0.717) is 4.90 Å². The molecule has 17 heavy (non-hydrogen) atoms. The fraction of sp³-hybridized carbons (Fsp3) is 0.333. The highest BCUT2D eigenvalue weighted by Gasteiger charge is 2.27. The van der Waals surface area contributed by atoms with Gasteiger partial charge in [0.2, 0.25) is 0 Å². The smallest absolute Gasteiger partial charge is 0.441 e. The fourth-order valence-electron chi connectivity index (χ4n) is 0.935. The Morgan fingerprint density at radius 2 is 2.12 bits per heavy atom. The van der Waals surface area contributed by atoms with E-state index in [1.165, 1.54) is 24.0 Å². The highest BCUT2D eigenvalue weighted by molar-refractivity contribution is 8.03. The topological polar surface area (TPSA) is 50.2 Å². The molecule has 0 aromatic carbocycles. The maximum Gasteiger partial charge on any atom is 0.441 e. The third-order valence-corrected chi connectivity index (χ3v) is 3.56. The number of halogens is 3. The minimum Gasteiger partial charge on any atom is -0.477 e. The molecule has 3 nitrogen and oxygen atoms in total. The molecular weight excluding hydrogens is 275 g/mol. The summed E-state index contributed by atoms with van der Waals surface area (Å²) in [5.74, 6) is -0.969. The summed E-state index contributed by atoms with van der Waals surface area (Å²) in [6.07, 6.45) is 1.32. The van der Waals surface area contributed by atoms with Crippen LogP contribution in [-0.4, -0.2) is 33.1 Å². The van der Waals surface area contributed by atoms with Crippen molar-refractivity contribution >= 4 is 29.5 Å². The number of hydrogen-bond donors (Lipinski definition) is 1. The van der Waals surface area contributed by atoms with E-state index >= 15 is 0 Å². The van der Waals surface area contributed by atoms with Gasteiger partial charge in [-0.2, -0.15) is 13.2 Å². The Kier molecular flexibility index (Phi) is 5.13. The van der Waals surface area contributed by atoms with Gasteiger partial charge in [-0.25, -0.2) is 9.78 Å². The summed E-state index contributed by atoms with van der Waals surface area (Å²) in [6, 6.07) is 2.90. The second-order valence-corrected chi connectivity index (χ2v) is 5.15. The molecule has 0 atom stereocenters. The fourth-order valence-corrected chi connectivity index (χ4v) is 2.42. The van der Waals surface area contributed by atoms with E-state index in [0.717, 1.165) is 0 Å². The standard InChI is InChI=1S/C9H8F3NO2S2/c10-9(11,12)17-4-3-16-6-1-2-13-7(5-6)8(14)15/h1-2,5H,3-4H2,(H,14,15). The molecule has 0 unspecified atom stereocenters. The largest absolute Gasteiger partial charge is 0.477 e. The summed E-state index contributed by atoms with van der Waals surface area (Å²) in [5, 5.41) is 8.66. The maximum absolute atomic E-state index is 11.8. The Labute approximate surface area is 104 Å². The van der Waals surface area contributed by atoms with E-state index in [2.05, 4.69) is 4.98 Å². The SMILES string of the molecule is O=C(O)c1cc(SCCSC(F)(F)F)ccn1. The van der Waals surface area contributed by atoms with Gasteiger partial charge in [-0.1, -0.05) is 11.8 Å². The average molecular weight is 283 g/mol. The first-order valence-electron chi connectivity index (χ1n) is 4.41. The van der Waals surface area contributed by atoms with E-state index in [9.17, 15) is 18.0 Å². The van der Waals surface area contributed by atoms with E-state index in [-0.39, 0.29) is 29.0 Å².